The Morgan fingerprint density at radius 3 is 2.80 bits per heavy atom. The molecular weight excluding hydrogens is 214 g/mol. The molecule has 0 saturated carbocycles. The van der Waals surface area contributed by atoms with Crippen LogP contribution in [0.1, 0.15) is 16.1 Å². The molecule has 1 heterocycles. The Kier molecular flexibility index (Phi) is 2.32. The van der Waals surface area contributed by atoms with Crippen molar-refractivity contribution in [3.05, 3.63) is 40.5 Å². The lowest BCUT2D eigenvalue weighted by Crippen LogP contribution is -1.99. The lowest BCUT2D eigenvalue weighted by atomic mass is 10.1. The van der Waals surface area contributed by atoms with Crippen molar-refractivity contribution in [3.8, 4) is 0 Å². The summed E-state index contributed by atoms with van der Waals surface area (Å²) < 4.78 is 0. The maximum atomic E-state index is 11.0. The molecule has 4 heteroatoms. The number of aromatic nitrogens is 1. The second kappa shape index (κ2) is 3.51. The third kappa shape index (κ3) is 1.78. The number of halogens is 1. The van der Waals surface area contributed by atoms with E-state index in [-0.39, 0.29) is 5.56 Å². The maximum absolute atomic E-state index is 11.0. The van der Waals surface area contributed by atoms with Crippen molar-refractivity contribution < 1.29 is 9.90 Å². The number of aromatic carboxylic acids is 1. The molecule has 1 aromatic heterocycles. The quantitative estimate of drug-likeness (QED) is 0.806. The zero-order chi connectivity index (χ0) is 11.0. The second-order valence-electron chi connectivity index (χ2n) is 3.28. The van der Waals surface area contributed by atoms with Gasteiger partial charge in [-0.1, -0.05) is 17.7 Å². The van der Waals surface area contributed by atoms with Crippen molar-refractivity contribution in [2.45, 2.75) is 6.92 Å². The Balaban J connectivity index is 2.87. The molecule has 0 saturated heterocycles. The lowest BCUT2D eigenvalue weighted by molar-refractivity contribution is 0.0699. The molecule has 0 radical (unpaired) electrons. The smallest absolute Gasteiger partial charge is 0.337 e. The van der Waals surface area contributed by atoms with E-state index < -0.39 is 5.97 Å². The summed E-state index contributed by atoms with van der Waals surface area (Å²) in [4.78, 5) is 15.2. The van der Waals surface area contributed by atoms with Crippen LogP contribution in [0.2, 0.25) is 5.02 Å². The number of carboxylic acids is 1. The van der Waals surface area contributed by atoms with Gasteiger partial charge in [-0.15, -0.1) is 0 Å². The summed E-state index contributed by atoms with van der Waals surface area (Å²) >= 11 is 5.82. The van der Waals surface area contributed by atoms with Crippen molar-refractivity contribution in [2.24, 2.45) is 0 Å². The summed E-state index contributed by atoms with van der Waals surface area (Å²) in [6.07, 6.45) is 0. The van der Waals surface area contributed by atoms with E-state index in [1.807, 2.05) is 19.1 Å². The van der Waals surface area contributed by atoms with E-state index in [1.165, 1.54) is 6.07 Å². The fourth-order valence-corrected chi connectivity index (χ4v) is 1.69. The van der Waals surface area contributed by atoms with Crippen molar-refractivity contribution in [1.29, 1.82) is 0 Å². The van der Waals surface area contributed by atoms with E-state index in [0.29, 0.717) is 10.5 Å². The predicted molar refractivity (Wildman–Crippen MR) is 58.4 cm³/mol. The largest absolute Gasteiger partial charge is 0.478 e. The van der Waals surface area contributed by atoms with E-state index in [9.17, 15) is 4.79 Å². The first-order valence-electron chi connectivity index (χ1n) is 4.38. The Bertz CT molecular complexity index is 552. The summed E-state index contributed by atoms with van der Waals surface area (Å²) in [6.45, 7) is 1.82. The minimum absolute atomic E-state index is 0.140. The molecule has 3 nitrogen and oxygen atoms in total. The normalized spacial score (nSPS) is 10.5. The van der Waals surface area contributed by atoms with Gasteiger partial charge in [0, 0.05) is 16.1 Å². The van der Waals surface area contributed by atoms with Crippen LogP contribution in [0.3, 0.4) is 0 Å². The second-order valence-corrected chi connectivity index (χ2v) is 3.72. The molecule has 0 atom stereocenters. The molecule has 0 fully saturated rings. The number of hydrogen-bond acceptors (Lipinski definition) is 2. The monoisotopic (exact) mass is 221 g/mol. The first-order valence-corrected chi connectivity index (χ1v) is 4.76. The van der Waals surface area contributed by atoms with Gasteiger partial charge < -0.3 is 5.11 Å². The Morgan fingerprint density at radius 2 is 2.13 bits per heavy atom. The summed E-state index contributed by atoms with van der Waals surface area (Å²) in [7, 11) is 0. The van der Waals surface area contributed by atoms with Crippen LogP contribution in [0.25, 0.3) is 10.9 Å². The van der Waals surface area contributed by atoms with Crippen LogP contribution >= 0.6 is 11.6 Å². The number of aryl methyl sites for hydroxylation is 1. The van der Waals surface area contributed by atoms with Gasteiger partial charge in [-0.05, 0) is 25.1 Å². The molecule has 0 amide bonds. The highest BCUT2D eigenvalue weighted by Crippen LogP contribution is 2.22. The molecule has 76 valence electrons. The molecule has 0 spiro atoms. The van der Waals surface area contributed by atoms with Gasteiger partial charge >= 0.3 is 5.97 Å². The standard InChI is InChI=1S/C11H8ClNO2/c1-6-2-3-7-4-8(12)5-9(11(14)15)10(7)13-6/h2-5H,1H3,(H,14,15). The highest BCUT2D eigenvalue weighted by molar-refractivity contribution is 6.32. The van der Waals surface area contributed by atoms with Gasteiger partial charge in [0.05, 0.1) is 11.1 Å². The summed E-state index contributed by atoms with van der Waals surface area (Å²) in [5.41, 5.74) is 1.40. The van der Waals surface area contributed by atoms with Gasteiger partial charge in [0.25, 0.3) is 0 Å². The molecule has 1 N–H and O–H groups in total. The summed E-state index contributed by atoms with van der Waals surface area (Å²) in [5.74, 6) is -1.01. The van der Waals surface area contributed by atoms with E-state index in [2.05, 4.69) is 4.98 Å². The van der Waals surface area contributed by atoms with Crippen LogP contribution in [0, 0.1) is 6.92 Å². The molecule has 15 heavy (non-hydrogen) atoms. The minimum Gasteiger partial charge on any atom is -0.478 e. The molecule has 0 unspecified atom stereocenters. The molecule has 0 bridgehead atoms. The zero-order valence-electron chi connectivity index (χ0n) is 7.99. The average molecular weight is 222 g/mol. The first-order chi connectivity index (χ1) is 7.08. The van der Waals surface area contributed by atoms with Gasteiger partial charge in [0.15, 0.2) is 0 Å². The highest BCUT2D eigenvalue weighted by Gasteiger charge is 2.11. The SMILES string of the molecule is Cc1ccc2cc(Cl)cc(C(=O)O)c2n1. The molecule has 0 aliphatic carbocycles. The molecule has 0 aliphatic heterocycles. The Labute approximate surface area is 91.3 Å². The number of hydrogen-bond donors (Lipinski definition) is 1. The topological polar surface area (TPSA) is 50.2 Å². The molecule has 2 aromatic rings. The van der Waals surface area contributed by atoms with Gasteiger partial charge in [-0.3, -0.25) is 4.98 Å². The third-order valence-electron chi connectivity index (χ3n) is 2.13. The van der Waals surface area contributed by atoms with Crippen molar-refractivity contribution in [1.82, 2.24) is 4.98 Å². The van der Waals surface area contributed by atoms with Gasteiger partial charge in [0.2, 0.25) is 0 Å². The van der Waals surface area contributed by atoms with Gasteiger partial charge in [-0.25, -0.2) is 4.79 Å². The lowest BCUT2D eigenvalue weighted by Gasteiger charge is -2.03. The van der Waals surface area contributed by atoms with Crippen LogP contribution < -0.4 is 0 Å². The number of benzene rings is 1. The fraction of sp³-hybridized carbons (Fsp3) is 0.0909. The van der Waals surface area contributed by atoms with E-state index in [1.54, 1.807) is 6.07 Å². The van der Waals surface area contributed by atoms with Gasteiger partial charge in [-0.2, -0.15) is 0 Å². The van der Waals surface area contributed by atoms with Crippen molar-refractivity contribution >= 4 is 28.5 Å². The third-order valence-corrected chi connectivity index (χ3v) is 2.35. The summed E-state index contributed by atoms with van der Waals surface area (Å²) in [5, 5.41) is 10.1. The average Bonchev–Trinajstić information content (AvgIpc) is 2.17. The van der Waals surface area contributed by atoms with Crippen LogP contribution in [0.4, 0.5) is 0 Å². The van der Waals surface area contributed by atoms with Gasteiger partial charge in [0.1, 0.15) is 0 Å². The number of nitrogens with zero attached hydrogens (tertiary/aromatic N) is 1. The molecule has 1 aromatic carbocycles. The number of carbonyl (C=O) groups is 1. The van der Waals surface area contributed by atoms with E-state index >= 15 is 0 Å². The fourth-order valence-electron chi connectivity index (χ4n) is 1.46. The van der Waals surface area contributed by atoms with E-state index in [4.69, 9.17) is 16.7 Å². The predicted octanol–water partition coefficient (Wildman–Crippen LogP) is 2.89. The van der Waals surface area contributed by atoms with Crippen molar-refractivity contribution in [3.63, 3.8) is 0 Å². The zero-order valence-corrected chi connectivity index (χ0v) is 8.75. The highest BCUT2D eigenvalue weighted by atomic mass is 35.5. The summed E-state index contributed by atoms with van der Waals surface area (Å²) in [6, 6.07) is 6.76. The van der Waals surface area contributed by atoms with Crippen LogP contribution in [-0.2, 0) is 0 Å². The molecule has 2 rings (SSSR count). The Morgan fingerprint density at radius 1 is 1.40 bits per heavy atom. The molecule has 0 aliphatic rings. The van der Waals surface area contributed by atoms with Crippen molar-refractivity contribution in [2.75, 3.05) is 0 Å². The number of fused-ring (bicyclic) bond motifs is 1. The first kappa shape index (κ1) is 9.93. The van der Waals surface area contributed by atoms with E-state index in [0.717, 1.165) is 11.1 Å². The maximum Gasteiger partial charge on any atom is 0.337 e. The Hall–Kier alpha value is -1.61. The number of carboxylic acid groups (broad SMARTS) is 1. The van der Waals surface area contributed by atoms with Crippen LogP contribution in [-0.4, -0.2) is 16.1 Å². The number of pyridine rings is 1. The molecular formula is C11H8ClNO2. The van der Waals surface area contributed by atoms with Crippen LogP contribution in [0.15, 0.2) is 24.3 Å². The van der Waals surface area contributed by atoms with Crippen LogP contribution in [0.5, 0.6) is 0 Å². The minimum atomic E-state index is -1.01. The number of rotatable bonds is 1.